The Labute approximate surface area is 165 Å². The summed E-state index contributed by atoms with van der Waals surface area (Å²) < 4.78 is 13.3. The summed E-state index contributed by atoms with van der Waals surface area (Å²) in [6.45, 7) is 6.84. The number of piperidine rings is 1. The number of furan rings is 1. The second-order valence-corrected chi connectivity index (χ2v) is 7.62. The highest BCUT2D eigenvalue weighted by atomic mass is 16.5. The van der Waals surface area contributed by atoms with Gasteiger partial charge in [-0.3, -0.25) is 4.79 Å². The van der Waals surface area contributed by atoms with E-state index < -0.39 is 0 Å². The summed E-state index contributed by atoms with van der Waals surface area (Å²) in [5.74, 6) is 1.71. The Hall–Kier alpha value is -2.60. The van der Waals surface area contributed by atoms with E-state index in [0.29, 0.717) is 18.9 Å². The van der Waals surface area contributed by atoms with E-state index in [1.807, 2.05) is 43.3 Å². The molecular weight excluding hydrogens is 354 g/mol. The number of hydrogen-bond acceptors (Lipinski definition) is 4. The molecule has 0 bridgehead atoms. The summed E-state index contributed by atoms with van der Waals surface area (Å²) in [4.78, 5) is 19.7. The zero-order valence-corrected chi connectivity index (χ0v) is 16.8. The van der Waals surface area contributed by atoms with Gasteiger partial charge in [0.25, 0.3) is 5.91 Å². The van der Waals surface area contributed by atoms with E-state index in [2.05, 4.69) is 15.6 Å². The number of aromatic nitrogens is 2. The van der Waals surface area contributed by atoms with Gasteiger partial charge >= 0.3 is 0 Å². The smallest absolute Gasteiger partial charge is 0.289 e. The molecule has 0 N–H and O–H groups in total. The molecule has 3 aromatic rings. The molecule has 1 aliphatic heterocycles. The fraction of sp³-hybridized carbons (Fsp3) is 0.455. The van der Waals surface area contributed by atoms with Crippen molar-refractivity contribution < 1.29 is 13.9 Å². The maximum Gasteiger partial charge on any atom is 0.289 e. The van der Waals surface area contributed by atoms with Crippen LogP contribution in [-0.4, -0.2) is 47.2 Å². The maximum atomic E-state index is 13.2. The summed E-state index contributed by atoms with van der Waals surface area (Å²) in [5, 5.41) is 1.01. The molecule has 0 spiro atoms. The number of fused-ring (bicyclic) bond motifs is 1. The number of benzene rings is 1. The standard InChI is InChI=1S/C22H27N3O3/c1-15-6-7-18-16(2)20(28-19(18)13-15)22(26)25-9-4-5-17(14-25)21-23-8-10-24(21)11-12-27-3/h6-8,10,13,17H,4-5,9,11-12,14H2,1-3H3/t17-/m1/s1. The van der Waals surface area contributed by atoms with Crippen molar-refractivity contribution in [3.05, 3.63) is 53.3 Å². The van der Waals surface area contributed by atoms with E-state index in [-0.39, 0.29) is 11.8 Å². The van der Waals surface area contributed by atoms with Crippen molar-refractivity contribution in [2.45, 2.75) is 39.2 Å². The van der Waals surface area contributed by atoms with Crippen molar-refractivity contribution in [1.82, 2.24) is 14.5 Å². The number of imidazole rings is 1. The lowest BCUT2D eigenvalue weighted by Crippen LogP contribution is -2.40. The summed E-state index contributed by atoms with van der Waals surface area (Å²) in [5.41, 5.74) is 2.83. The normalized spacial score (nSPS) is 17.4. The number of aryl methyl sites for hydroxylation is 2. The van der Waals surface area contributed by atoms with E-state index in [4.69, 9.17) is 9.15 Å². The molecule has 1 aliphatic rings. The summed E-state index contributed by atoms with van der Waals surface area (Å²) in [6, 6.07) is 6.08. The summed E-state index contributed by atoms with van der Waals surface area (Å²) >= 11 is 0. The van der Waals surface area contributed by atoms with Crippen molar-refractivity contribution >= 4 is 16.9 Å². The third-order valence-corrected chi connectivity index (χ3v) is 5.65. The zero-order chi connectivity index (χ0) is 19.7. The molecule has 0 aliphatic carbocycles. The molecule has 0 saturated carbocycles. The number of ether oxygens (including phenoxy) is 1. The molecular formula is C22H27N3O3. The molecule has 3 heterocycles. The molecule has 4 rings (SSSR count). The Morgan fingerprint density at radius 2 is 2.21 bits per heavy atom. The van der Waals surface area contributed by atoms with Crippen LogP contribution >= 0.6 is 0 Å². The monoisotopic (exact) mass is 381 g/mol. The number of nitrogens with zero attached hydrogens (tertiary/aromatic N) is 3. The van der Waals surface area contributed by atoms with Gasteiger partial charge in [0.2, 0.25) is 0 Å². The second kappa shape index (κ2) is 7.80. The van der Waals surface area contributed by atoms with Crippen LogP contribution in [0.3, 0.4) is 0 Å². The number of amides is 1. The van der Waals surface area contributed by atoms with Crippen LogP contribution < -0.4 is 0 Å². The Morgan fingerprint density at radius 1 is 1.36 bits per heavy atom. The number of likely N-dealkylation sites (tertiary alicyclic amines) is 1. The van der Waals surface area contributed by atoms with Crippen LogP contribution in [0.5, 0.6) is 0 Å². The Balaban J connectivity index is 1.56. The highest BCUT2D eigenvalue weighted by Crippen LogP contribution is 2.30. The minimum absolute atomic E-state index is 0.0222. The molecule has 1 amide bonds. The highest BCUT2D eigenvalue weighted by Gasteiger charge is 2.30. The van der Waals surface area contributed by atoms with Crippen molar-refractivity contribution in [3.63, 3.8) is 0 Å². The molecule has 2 aromatic heterocycles. The van der Waals surface area contributed by atoms with Gasteiger partial charge in [-0.2, -0.15) is 0 Å². The fourth-order valence-electron chi connectivity index (χ4n) is 4.11. The average Bonchev–Trinajstić information content (AvgIpc) is 3.30. The predicted molar refractivity (Wildman–Crippen MR) is 108 cm³/mol. The number of methoxy groups -OCH3 is 1. The van der Waals surface area contributed by atoms with E-state index in [1.54, 1.807) is 7.11 Å². The molecule has 1 saturated heterocycles. The first-order chi connectivity index (χ1) is 13.6. The molecule has 1 aromatic carbocycles. The van der Waals surface area contributed by atoms with E-state index in [0.717, 1.165) is 53.9 Å². The van der Waals surface area contributed by atoms with Crippen molar-refractivity contribution in [1.29, 1.82) is 0 Å². The first-order valence-electron chi connectivity index (χ1n) is 9.87. The zero-order valence-electron chi connectivity index (χ0n) is 16.8. The molecule has 0 unspecified atom stereocenters. The SMILES string of the molecule is COCCn1ccnc1[C@@H]1CCCN(C(=O)c2oc3cc(C)ccc3c2C)C1. The van der Waals surface area contributed by atoms with E-state index in [1.165, 1.54) is 0 Å². The minimum Gasteiger partial charge on any atom is -0.451 e. The first kappa shape index (κ1) is 18.7. The largest absolute Gasteiger partial charge is 0.451 e. The highest BCUT2D eigenvalue weighted by molar-refractivity contribution is 5.99. The maximum absolute atomic E-state index is 13.2. The van der Waals surface area contributed by atoms with Gasteiger partial charge in [-0.1, -0.05) is 12.1 Å². The van der Waals surface area contributed by atoms with Gasteiger partial charge in [-0.05, 0) is 38.3 Å². The third-order valence-electron chi connectivity index (χ3n) is 5.65. The Morgan fingerprint density at radius 3 is 3.04 bits per heavy atom. The number of hydrogen-bond donors (Lipinski definition) is 0. The lowest BCUT2D eigenvalue weighted by Gasteiger charge is -2.32. The minimum atomic E-state index is -0.0222. The van der Waals surface area contributed by atoms with Crippen LogP contribution in [0, 0.1) is 13.8 Å². The number of carbonyl (C=O) groups excluding carboxylic acids is 1. The van der Waals surface area contributed by atoms with Crippen molar-refractivity contribution in [2.24, 2.45) is 0 Å². The topological polar surface area (TPSA) is 60.5 Å². The second-order valence-electron chi connectivity index (χ2n) is 7.62. The van der Waals surface area contributed by atoms with Crippen LogP contribution in [0.15, 0.2) is 35.0 Å². The quantitative estimate of drug-likeness (QED) is 0.672. The number of carbonyl (C=O) groups is 1. The van der Waals surface area contributed by atoms with Gasteiger partial charge in [0, 0.05) is 56.0 Å². The Kier molecular flexibility index (Phi) is 5.22. The van der Waals surface area contributed by atoms with E-state index >= 15 is 0 Å². The summed E-state index contributed by atoms with van der Waals surface area (Å²) in [7, 11) is 1.70. The van der Waals surface area contributed by atoms with Gasteiger partial charge < -0.3 is 18.6 Å². The third kappa shape index (κ3) is 3.44. The van der Waals surface area contributed by atoms with Gasteiger partial charge in [0.1, 0.15) is 11.4 Å². The lowest BCUT2D eigenvalue weighted by molar-refractivity contribution is 0.0671. The first-order valence-corrected chi connectivity index (χ1v) is 9.87. The number of rotatable bonds is 5. The molecule has 0 radical (unpaired) electrons. The van der Waals surface area contributed by atoms with Crippen LogP contribution in [0.2, 0.25) is 0 Å². The van der Waals surface area contributed by atoms with Gasteiger partial charge in [-0.15, -0.1) is 0 Å². The van der Waals surface area contributed by atoms with Gasteiger partial charge in [-0.25, -0.2) is 4.98 Å². The molecule has 1 fully saturated rings. The van der Waals surface area contributed by atoms with Crippen LogP contribution in [0.25, 0.3) is 11.0 Å². The Bertz CT molecular complexity index is 988. The van der Waals surface area contributed by atoms with Gasteiger partial charge in [0.05, 0.1) is 6.61 Å². The predicted octanol–water partition coefficient (Wildman–Crippen LogP) is 3.91. The van der Waals surface area contributed by atoms with E-state index in [9.17, 15) is 4.79 Å². The molecule has 28 heavy (non-hydrogen) atoms. The average molecular weight is 381 g/mol. The molecule has 1 atom stereocenters. The lowest BCUT2D eigenvalue weighted by atomic mass is 9.96. The van der Waals surface area contributed by atoms with Crippen molar-refractivity contribution in [2.75, 3.05) is 26.8 Å². The summed E-state index contributed by atoms with van der Waals surface area (Å²) in [6.07, 6.45) is 5.82. The van der Waals surface area contributed by atoms with Crippen LogP contribution in [-0.2, 0) is 11.3 Å². The fourth-order valence-corrected chi connectivity index (χ4v) is 4.11. The van der Waals surface area contributed by atoms with Crippen molar-refractivity contribution in [3.8, 4) is 0 Å². The molecule has 6 nitrogen and oxygen atoms in total. The van der Waals surface area contributed by atoms with Gasteiger partial charge in [0.15, 0.2) is 5.76 Å². The van der Waals surface area contributed by atoms with Crippen LogP contribution in [0.1, 0.15) is 46.3 Å². The molecule has 6 heteroatoms. The van der Waals surface area contributed by atoms with Crippen LogP contribution in [0.4, 0.5) is 0 Å². The molecule has 148 valence electrons.